The monoisotopic (exact) mass is 408 g/mol. The molecule has 1 rings (SSSR count). The van der Waals surface area contributed by atoms with E-state index in [0.29, 0.717) is 26.4 Å². The Kier molecular flexibility index (Phi) is 7.30. The van der Waals surface area contributed by atoms with Gasteiger partial charge in [-0.2, -0.15) is 0 Å². The molecule has 0 radical (unpaired) electrons. The molecule has 0 aliphatic carbocycles. The molecule has 1 fully saturated rings. The van der Waals surface area contributed by atoms with Crippen molar-refractivity contribution in [2.45, 2.75) is 49.4 Å². The van der Waals surface area contributed by atoms with Crippen molar-refractivity contribution in [2.24, 2.45) is 5.41 Å². The molecule has 9 heteroatoms. The Bertz CT molecular complexity index is 336. The van der Waals surface area contributed by atoms with Crippen LogP contribution in [0.1, 0.15) is 0 Å². The molecule has 0 bridgehead atoms. The predicted octanol–water partition coefficient (Wildman–Crippen LogP) is 4.42. The van der Waals surface area contributed by atoms with Crippen LogP contribution in [0.5, 0.6) is 0 Å². The summed E-state index contributed by atoms with van der Waals surface area (Å²) >= 11 is 17.5. The number of hydrogen-bond acceptors (Lipinski definition) is 4. The zero-order valence-electron chi connectivity index (χ0n) is 14.2. The fraction of sp³-hybridized carbons (Fsp3) is 1.00. The number of hydrogen-bond donors (Lipinski definition) is 0. The fourth-order valence-electron chi connectivity index (χ4n) is 1.73. The minimum atomic E-state index is -1.65. The summed E-state index contributed by atoms with van der Waals surface area (Å²) < 4.78 is 21.8. The highest BCUT2D eigenvalue weighted by atomic mass is 35.6. The van der Waals surface area contributed by atoms with Crippen LogP contribution in [0.2, 0.25) is 39.3 Å². The van der Waals surface area contributed by atoms with Gasteiger partial charge in [0.2, 0.25) is 10.1 Å². The van der Waals surface area contributed by atoms with Crippen LogP contribution in [0.15, 0.2) is 0 Å². The van der Waals surface area contributed by atoms with Gasteiger partial charge < -0.3 is 18.3 Å². The lowest BCUT2D eigenvalue weighted by Crippen LogP contribution is -2.53. The molecule has 1 aliphatic rings. The molecule has 0 N–H and O–H groups in total. The Balaban J connectivity index is 2.72. The Hall–Kier alpha value is 1.14. The molecule has 22 heavy (non-hydrogen) atoms. The Labute approximate surface area is 150 Å². The van der Waals surface area contributed by atoms with Crippen LogP contribution in [-0.2, 0) is 18.3 Å². The van der Waals surface area contributed by atoms with Crippen LogP contribution < -0.4 is 0 Å². The quantitative estimate of drug-likeness (QED) is 0.480. The summed E-state index contributed by atoms with van der Waals surface area (Å²) in [5, 5.41) is 0. The minimum absolute atomic E-state index is 0.354. The third kappa shape index (κ3) is 7.81. The van der Waals surface area contributed by atoms with E-state index < -0.39 is 26.7 Å². The van der Waals surface area contributed by atoms with Gasteiger partial charge in [-0.1, -0.05) is 34.8 Å². The maximum absolute atomic E-state index is 6.07. The molecule has 0 saturated carbocycles. The zero-order chi connectivity index (χ0) is 17.2. The van der Waals surface area contributed by atoms with Crippen LogP contribution >= 0.6 is 34.8 Å². The summed E-state index contributed by atoms with van der Waals surface area (Å²) in [4.78, 5) is 0. The third-order valence-electron chi connectivity index (χ3n) is 2.97. The van der Waals surface area contributed by atoms with Gasteiger partial charge in [0.05, 0.1) is 18.6 Å². The van der Waals surface area contributed by atoms with E-state index in [1.165, 1.54) is 0 Å². The zero-order valence-corrected chi connectivity index (χ0v) is 18.4. The van der Waals surface area contributed by atoms with E-state index in [2.05, 4.69) is 39.3 Å². The largest absolute Gasteiger partial charge is 0.417 e. The topological polar surface area (TPSA) is 36.9 Å². The number of rotatable bonds is 6. The van der Waals surface area contributed by atoms with Crippen molar-refractivity contribution in [3.8, 4) is 0 Å². The van der Waals surface area contributed by atoms with Gasteiger partial charge in [0.25, 0.3) is 0 Å². The minimum Gasteiger partial charge on any atom is -0.417 e. The smallest absolute Gasteiger partial charge is 0.240 e. The summed E-state index contributed by atoms with van der Waals surface area (Å²) in [6.45, 7) is 14.7. The van der Waals surface area contributed by atoms with E-state index in [0.717, 1.165) is 0 Å². The average Bonchev–Trinajstić information content (AvgIpc) is 2.32. The van der Waals surface area contributed by atoms with E-state index in [1.54, 1.807) is 0 Å². The second-order valence-electron chi connectivity index (χ2n) is 7.80. The lowest BCUT2D eigenvalue weighted by Gasteiger charge is -2.43. The molecule has 0 atom stereocenters. The van der Waals surface area contributed by atoms with Gasteiger partial charge in [-0.25, -0.2) is 0 Å². The molecule has 132 valence electrons. The highest BCUT2D eigenvalue weighted by Gasteiger charge is 2.45. The standard InChI is InChI=1S/C13H27Cl3O4Si2/c1-21(2,3)19-9-12(10-20-22(4,5)6)7-17-11(18-8-12)13(14,15)16/h11H,7-10H2,1-6H3. The fourth-order valence-corrected chi connectivity index (χ4v) is 3.59. The summed E-state index contributed by atoms with van der Waals surface area (Å²) in [6, 6.07) is 0. The maximum atomic E-state index is 6.07. The van der Waals surface area contributed by atoms with Crippen LogP contribution in [0.4, 0.5) is 0 Å². The molecule has 0 aromatic rings. The third-order valence-corrected chi connectivity index (χ3v) is 5.53. The summed E-state index contributed by atoms with van der Waals surface area (Å²) in [5.74, 6) is 0. The molecule has 4 nitrogen and oxygen atoms in total. The highest BCUT2D eigenvalue weighted by Crippen LogP contribution is 2.38. The van der Waals surface area contributed by atoms with Gasteiger partial charge >= 0.3 is 0 Å². The second kappa shape index (κ2) is 7.58. The SMILES string of the molecule is C[Si](C)(C)OCC1(CO[Si](C)(C)C)COC(C(Cl)(Cl)Cl)OC1. The van der Waals surface area contributed by atoms with Crippen molar-refractivity contribution >= 4 is 51.4 Å². The van der Waals surface area contributed by atoms with Crippen molar-refractivity contribution < 1.29 is 18.3 Å². The Morgan fingerprint density at radius 1 is 0.909 bits per heavy atom. The molecule has 0 unspecified atom stereocenters. The Morgan fingerprint density at radius 3 is 1.55 bits per heavy atom. The van der Waals surface area contributed by atoms with E-state index in [-0.39, 0.29) is 5.41 Å². The van der Waals surface area contributed by atoms with Gasteiger partial charge in [0, 0.05) is 13.2 Å². The van der Waals surface area contributed by atoms with Crippen LogP contribution in [0.3, 0.4) is 0 Å². The van der Waals surface area contributed by atoms with Gasteiger partial charge in [-0.05, 0) is 39.3 Å². The van der Waals surface area contributed by atoms with Gasteiger partial charge in [-0.3, -0.25) is 0 Å². The first-order valence-electron chi connectivity index (χ1n) is 7.30. The highest BCUT2D eigenvalue weighted by molar-refractivity contribution is 6.70. The van der Waals surface area contributed by atoms with Crippen LogP contribution in [0.25, 0.3) is 0 Å². The Morgan fingerprint density at radius 2 is 1.27 bits per heavy atom. The molecular formula is C13H27Cl3O4Si2. The van der Waals surface area contributed by atoms with Crippen molar-refractivity contribution in [1.82, 2.24) is 0 Å². The van der Waals surface area contributed by atoms with Gasteiger partial charge in [0.1, 0.15) is 0 Å². The molecular weight excluding hydrogens is 383 g/mol. The van der Waals surface area contributed by atoms with Gasteiger partial charge in [-0.15, -0.1) is 0 Å². The number of ether oxygens (including phenoxy) is 2. The summed E-state index contributed by atoms with van der Waals surface area (Å²) in [6.07, 6.45) is -0.857. The molecule has 0 spiro atoms. The second-order valence-corrected chi connectivity index (χ2v) is 19.2. The molecule has 0 amide bonds. The lowest BCUT2D eigenvalue weighted by molar-refractivity contribution is -0.239. The molecule has 0 aromatic heterocycles. The predicted molar refractivity (Wildman–Crippen MR) is 97.0 cm³/mol. The van der Waals surface area contributed by atoms with Crippen molar-refractivity contribution in [1.29, 1.82) is 0 Å². The average molecular weight is 410 g/mol. The van der Waals surface area contributed by atoms with E-state index in [1.807, 2.05) is 0 Å². The first-order chi connectivity index (χ1) is 9.73. The lowest BCUT2D eigenvalue weighted by atomic mass is 9.92. The molecule has 1 heterocycles. The van der Waals surface area contributed by atoms with Crippen molar-refractivity contribution in [3.63, 3.8) is 0 Å². The first kappa shape index (κ1) is 21.2. The number of alkyl halides is 3. The van der Waals surface area contributed by atoms with E-state index in [9.17, 15) is 0 Å². The molecule has 1 aliphatic heterocycles. The normalized spacial score (nSPS) is 21.1. The van der Waals surface area contributed by atoms with Crippen LogP contribution in [0, 0.1) is 5.41 Å². The maximum Gasteiger partial charge on any atom is 0.240 e. The van der Waals surface area contributed by atoms with Crippen molar-refractivity contribution in [2.75, 3.05) is 26.4 Å². The summed E-state index contributed by atoms with van der Waals surface area (Å²) in [7, 11) is -3.30. The van der Waals surface area contributed by atoms with E-state index in [4.69, 9.17) is 53.1 Å². The van der Waals surface area contributed by atoms with Gasteiger partial charge in [0.15, 0.2) is 16.6 Å². The molecule has 0 aromatic carbocycles. The molecule has 1 saturated heterocycles. The van der Waals surface area contributed by atoms with Crippen molar-refractivity contribution in [3.05, 3.63) is 0 Å². The summed E-state index contributed by atoms with van der Waals surface area (Å²) in [5.41, 5.74) is -0.354. The number of halogens is 3. The first-order valence-corrected chi connectivity index (χ1v) is 15.3. The van der Waals surface area contributed by atoms with E-state index >= 15 is 0 Å². The van der Waals surface area contributed by atoms with Crippen LogP contribution in [-0.4, -0.2) is 53.1 Å².